The number of benzene rings is 1. The quantitative estimate of drug-likeness (QED) is 0.753. The summed E-state index contributed by atoms with van der Waals surface area (Å²) < 4.78 is 5.21. The second-order valence-electron chi connectivity index (χ2n) is 7.82. The first-order valence-corrected chi connectivity index (χ1v) is 10.5. The number of ether oxygens (including phenoxy) is 1. The lowest BCUT2D eigenvalue weighted by molar-refractivity contribution is -0.135. The van der Waals surface area contributed by atoms with Crippen LogP contribution in [0.15, 0.2) is 24.3 Å². The van der Waals surface area contributed by atoms with Crippen molar-refractivity contribution in [2.75, 3.05) is 44.7 Å². The van der Waals surface area contributed by atoms with Crippen LogP contribution in [0.2, 0.25) is 0 Å². The van der Waals surface area contributed by atoms with Crippen molar-refractivity contribution < 1.29 is 14.3 Å². The van der Waals surface area contributed by atoms with Gasteiger partial charge in [0.05, 0.1) is 7.11 Å². The van der Waals surface area contributed by atoms with Crippen molar-refractivity contribution in [3.05, 3.63) is 24.3 Å². The molecule has 1 heterocycles. The lowest BCUT2D eigenvalue weighted by atomic mass is 9.94. The van der Waals surface area contributed by atoms with Gasteiger partial charge in [0.2, 0.25) is 11.8 Å². The molecule has 154 valence electrons. The number of anilines is 1. The van der Waals surface area contributed by atoms with E-state index in [-0.39, 0.29) is 11.8 Å². The lowest BCUT2D eigenvalue weighted by Crippen LogP contribution is -2.50. The van der Waals surface area contributed by atoms with Gasteiger partial charge in [-0.1, -0.05) is 19.3 Å². The predicted molar refractivity (Wildman–Crippen MR) is 111 cm³/mol. The van der Waals surface area contributed by atoms with Gasteiger partial charge in [0.15, 0.2) is 0 Å². The molecular formula is C22H33N3O3. The molecule has 0 spiro atoms. The van der Waals surface area contributed by atoms with Crippen LogP contribution in [0.3, 0.4) is 0 Å². The molecule has 2 fully saturated rings. The Hall–Kier alpha value is -2.24. The largest absolute Gasteiger partial charge is 0.497 e. The van der Waals surface area contributed by atoms with E-state index in [1.807, 2.05) is 21.9 Å². The predicted octanol–water partition coefficient (Wildman–Crippen LogP) is 2.92. The van der Waals surface area contributed by atoms with Gasteiger partial charge in [-0.2, -0.15) is 0 Å². The molecule has 0 atom stereocenters. The Kier molecular flexibility index (Phi) is 7.18. The fourth-order valence-electron chi connectivity index (χ4n) is 4.37. The number of hydrogen-bond acceptors (Lipinski definition) is 4. The van der Waals surface area contributed by atoms with Crippen molar-refractivity contribution in [2.24, 2.45) is 0 Å². The second kappa shape index (κ2) is 9.80. The minimum absolute atomic E-state index is 0.101. The fourth-order valence-corrected chi connectivity index (χ4v) is 4.37. The topological polar surface area (TPSA) is 53.1 Å². The monoisotopic (exact) mass is 387 g/mol. The van der Waals surface area contributed by atoms with Crippen LogP contribution in [0.5, 0.6) is 5.75 Å². The van der Waals surface area contributed by atoms with Crippen LogP contribution < -0.4 is 9.64 Å². The molecule has 0 N–H and O–H groups in total. The summed E-state index contributed by atoms with van der Waals surface area (Å²) >= 11 is 0. The van der Waals surface area contributed by atoms with E-state index in [4.69, 9.17) is 4.74 Å². The Balaban J connectivity index is 1.46. The molecule has 0 aromatic heterocycles. The maximum Gasteiger partial charge on any atom is 0.224 e. The minimum Gasteiger partial charge on any atom is -0.497 e. The van der Waals surface area contributed by atoms with E-state index in [0.717, 1.165) is 50.5 Å². The Morgan fingerprint density at radius 3 is 2.25 bits per heavy atom. The van der Waals surface area contributed by atoms with Crippen molar-refractivity contribution in [2.45, 2.75) is 51.5 Å². The third-order valence-electron chi connectivity index (χ3n) is 6.06. The molecule has 28 heavy (non-hydrogen) atoms. The van der Waals surface area contributed by atoms with Gasteiger partial charge in [0, 0.05) is 57.8 Å². The summed E-state index contributed by atoms with van der Waals surface area (Å²) in [6.45, 7) is 5.31. The molecule has 1 aliphatic carbocycles. The molecule has 0 unspecified atom stereocenters. The average molecular weight is 388 g/mol. The Labute approximate surface area is 168 Å². The van der Waals surface area contributed by atoms with Gasteiger partial charge in [-0.3, -0.25) is 9.59 Å². The van der Waals surface area contributed by atoms with E-state index in [1.54, 1.807) is 14.0 Å². The highest BCUT2D eigenvalue weighted by atomic mass is 16.5. The lowest BCUT2D eigenvalue weighted by Gasteiger charge is -2.37. The molecular weight excluding hydrogens is 354 g/mol. The molecule has 3 rings (SSSR count). The first kappa shape index (κ1) is 20.5. The molecule has 6 nitrogen and oxygen atoms in total. The van der Waals surface area contributed by atoms with Gasteiger partial charge in [0.25, 0.3) is 0 Å². The molecule has 0 bridgehead atoms. The first-order valence-electron chi connectivity index (χ1n) is 10.5. The standard InChI is InChI=1S/C22H33N3O3/c1-18(26)25(20-6-4-3-5-7-20)13-12-22(27)24-16-14-23(15-17-24)19-8-10-21(28-2)11-9-19/h8-11,20H,3-7,12-17H2,1-2H3. The maximum atomic E-state index is 12.7. The summed E-state index contributed by atoms with van der Waals surface area (Å²) in [5.74, 6) is 1.12. The zero-order chi connectivity index (χ0) is 19.9. The van der Waals surface area contributed by atoms with E-state index >= 15 is 0 Å². The number of piperazine rings is 1. The van der Waals surface area contributed by atoms with Gasteiger partial charge < -0.3 is 19.4 Å². The van der Waals surface area contributed by atoms with Crippen molar-refractivity contribution in [3.8, 4) is 5.75 Å². The van der Waals surface area contributed by atoms with Gasteiger partial charge in [-0.15, -0.1) is 0 Å². The molecule has 2 aliphatic rings. The van der Waals surface area contributed by atoms with E-state index in [0.29, 0.717) is 19.0 Å². The van der Waals surface area contributed by atoms with Crippen LogP contribution in [0, 0.1) is 0 Å². The van der Waals surface area contributed by atoms with Gasteiger partial charge in [0.1, 0.15) is 5.75 Å². The summed E-state index contributed by atoms with van der Waals surface area (Å²) in [5, 5.41) is 0. The van der Waals surface area contributed by atoms with Crippen molar-refractivity contribution >= 4 is 17.5 Å². The summed E-state index contributed by atoms with van der Waals surface area (Å²) in [6, 6.07) is 8.38. The van der Waals surface area contributed by atoms with Crippen LogP contribution in [0.1, 0.15) is 45.4 Å². The van der Waals surface area contributed by atoms with E-state index in [9.17, 15) is 9.59 Å². The van der Waals surface area contributed by atoms with E-state index < -0.39 is 0 Å². The maximum absolute atomic E-state index is 12.7. The molecule has 1 saturated carbocycles. The number of carbonyl (C=O) groups is 2. The Bertz CT molecular complexity index is 647. The first-order chi connectivity index (χ1) is 13.6. The SMILES string of the molecule is COc1ccc(N2CCN(C(=O)CCN(C(C)=O)C3CCCCC3)CC2)cc1. The number of nitrogens with zero attached hydrogens (tertiary/aromatic N) is 3. The fraction of sp³-hybridized carbons (Fsp3) is 0.636. The molecule has 1 aliphatic heterocycles. The molecule has 6 heteroatoms. The molecule has 0 radical (unpaired) electrons. The summed E-state index contributed by atoms with van der Waals surface area (Å²) in [7, 11) is 1.67. The number of hydrogen-bond donors (Lipinski definition) is 0. The number of amides is 2. The highest BCUT2D eigenvalue weighted by Crippen LogP contribution is 2.23. The minimum atomic E-state index is 0.101. The highest BCUT2D eigenvalue weighted by molar-refractivity contribution is 5.78. The molecule has 1 saturated heterocycles. The van der Waals surface area contributed by atoms with Crippen LogP contribution in [-0.2, 0) is 9.59 Å². The molecule has 1 aromatic rings. The number of methoxy groups -OCH3 is 1. The third kappa shape index (κ3) is 5.18. The molecule has 2 amide bonds. The van der Waals surface area contributed by atoms with Crippen LogP contribution in [0.25, 0.3) is 0 Å². The zero-order valence-corrected chi connectivity index (χ0v) is 17.2. The smallest absolute Gasteiger partial charge is 0.224 e. The van der Waals surface area contributed by atoms with Crippen molar-refractivity contribution in [1.29, 1.82) is 0 Å². The van der Waals surface area contributed by atoms with Crippen molar-refractivity contribution in [3.63, 3.8) is 0 Å². The number of carbonyl (C=O) groups excluding carboxylic acids is 2. The summed E-state index contributed by atoms with van der Waals surface area (Å²) in [6.07, 6.45) is 6.23. The zero-order valence-electron chi connectivity index (χ0n) is 17.2. The Morgan fingerprint density at radius 1 is 1.04 bits per heavy atom. The normalized spacial score (nSPS) is 18.1. The van der Waals surface area contributed by atoms with Crippen molar-refractivity contribution in [1.82, 2.24) is 9.80 Å². The molecule has 1 aromatic carbocycles. The Morgan fingerprint density at radius 2 is 1.68 bits per heavy atom. The van der Waals surface area contributed by atoms with Gasteiger partial charge in [-0.25, -0.2) is 0 Å². The van der Waals surface area contributed by atoms with E-state index in [1.165, 1.54) is 19.3 Å². The van der Waals surface area contributed by atoms with Gasteiger partial charge >= 0.3 is 0 Å². The average Bonchev–Trinajstić information content (AvgIpc) is 2.74. The van der Waals surface area contributed by atoms with Crippen LogP contribution in [0.4, 0.5) is 5.69 Å². The second-order valence-corrected chi connectivity index (χ2v) is 7.82. The highest BCUT2D eigenvalue weighted by Gasteiger charge is 2.26. The number of rotatable bonds is 6. The van der Waals surface area contributed by atoms with Gasteiger partial charge in [-0.05, 0) is 37.1 Å². The summed E-state index contributed by atoms with van der Waals surface area (Å²) in [4.78, 5) is 30.9. The van der Waals surface area contributed by atoms with Crippen LogP contribution >= 0.6 is 0 Å². The van der Waals surface area contributed by atoms with Crippen LogP contribution in [-0.4, -0.2) is 67.5 Å². The third-order valence-corrected chi connectivity index (χ3v) is 6.06. The van der Waals surface area contributed by atoms with E-state index in [2.05, 4.69) is 17.0 Å². The summed E-state index contributed by atoms with van der Waals surface area (Å²) in [5.41, 5.74) is 1.16.